The van der Waals surface area contributed by atoms with Gasteiger partial charge in [-0.05, 0) is 25.7 Å². The summed E-state index contributed by atoms with van der Waals surface area (Å²) in [5.41, 5.74) is -2.52. The van der Waals surface area contributed by atoms with Crippen LogP contribution in [0.15, 0.2) is 0 Å². The molecule has 0 fully saturated rings. The first-order chi connectivity index (χ1) is 17.6. The van der Waals surface area contributed by atoms with E-state index < -0.39 is 47.9 Å². The zero-order chi connectivity index (χ0) is 28.2. The van der Waals surface area contributed by atoms with Gasteiger partial charge in [0.1, 0.15) is 26.4 Å². The summed E-state index contributed by atoms with van der Waals surface area (Å²) in [4.78, 5) is 47.8. The summed E-state index contributed by atoms with van der Waals surface area (Å²) in [6.07, 6.45) is 3.10. The number of esters is 4. The zero-order valence-electron chi connectivity index (χ0n) is 22.9. The molecule has 0 aliphatic heterocycles. The molecular weight excluding hydrogens is 488 g/mol. The van der Waals surface area contributed by atoms with E-state index in [1.165, 1.54) is 0 Å². The lowest BCUT2D eigenvalue weighted by atomic mass is 9.90. The molecule has 0 aliphatic carbocycles. The molecular formula is C26H46O11. The van der Waals surface area contributed by atoms with Gasteiger partial charge in [-0.15, -0.1) is 0 Å². The van der Waals surface area contributed by atoms with Crippen molar-refractivity contribution in [3.63, 3.8) is 0 Å². The molecule has 0 aromatic heterocycles. The normalized spacial score (nSPS) is 11.6. The molecule has 37 heavy (non-hydrogen) atoms. The third-order valence-electron chi connectivity index (χ3n) is 5.46. The Morgan fingerprint density at radius 1 is 0.486 bits per heavy atom. The van der Waals surface area contributed by atoms with Crippen LogP contribution in [0.5, 0.6) is 0 Å². The van der Waals surface area contributed by atoms with Gasteiger partial charge in [0, 0.05) is 25.7 Å². The Labute approximate surface area is 220 Å². The molecule has 2 N–H and O–H groups in total. The number of carbonyl (C=O) groups is 4. The number of rotatable bonds is 22. The maximum Gasteiger partial charge on any atom is 0.305 e. The Kier molecular flexibility index (Phi) is 18.6. The lowest BCUT2D eigenvalue weighted by Gasteiger charge is -2.34. The Bertz CT molecular complexity index is 577. The molecule has 0 radical (unpaired) electrons. The highest BCUT2D eigenvalue weighted by atomic mass is 16.6. The van der Waals surface area contributed by atoms with E-state index in [0.717, 1.165) is 0 Å². The van der Waals surface area contributed by atoms with Crippen molar-refractivity contribution in [3.05, 3.63) is 0 Å². The number of aliphatic hydroxyl groups is 2. The lowest BCUT2D eigenvalue weighted by molar-refractivity contribution is -0.168. The van der Waals surface area contributed by atoms with Crippen molar-refractivity contribution in [2.24, 2.45) is 10.8 Å². The molecule has 11 heteroatoms. The minimum absolute atomic E-state index is 0.192. The molecule has 0 saturated carbocycles. The van der Waals surface area contributed by atoms with Crippen LogP contribution in [0, 0.1) is 10.8 Å². The number of aliphatic hydroxyl groups excluding tert-OH is 2. The molecule has 0 unspecified atom stereocenters. The van der Waals surface area contributed by atoms with E-state index in [9.17, 15) is 29.4 Å². The molecule has 0 heterocycles. The predicted octanol–water partition coefficient (Wildman–Crippen LogP) is 2.33. The number of hydrogen-bond acceptors (Lipinski definition) is 11. The van der Waals surface area contributed by atoms with Gasteiger partial charge in [-0.2, -0.15) is 0 Å². The second-order valence-corrected chi connectivity index (χ2v) is 9.45. The quantitative estimate of drug-likeness (QED) is 0.155. The minimum atomic E-state index is -1.26. The largest absolute Gasteiger partial charge is 0.465 e. The summed E-state index contributed by atoms with van der Waals surface area (Å²) in [6, 6.07) is 0. The summed E-state index contributed by atoms with van der Waals surface area (Å²) in [5, 5.41) is 20.3. The summed E-state index contributed by atoms with van der Waals surface area (Å²) < 4.78 is 27.0. The second-order valence-electron chi connectivity index (χ2n) is 9.45. The predicted molar refractivity (Wildman–Crippen MR) is 133 cm³/mol. The van der Waals surface area contributed by atoms with Crippen molar-refractivity contribution in [2.45, 2.75) is 79.1 Å². The summed E-state index contributed by atoms with van der Waals surface area (Å²) in [6.45, 7) is 4.80. The highest BCUT2D eigenvalue weighted by Gasteiger charge is 2.38. The van der Waals surface area contributed by atoms with E-state index in [4.69, 9.17) is 23.7 Å². The van der Waals surface area contributed by atoms with E-state index in [0.29, 0.717) is 25.7 Å². The van der Waals surface area contributed by atoms with Gasteiger partial charge < -0.3 is 33.9 Å². The summed E-state index contributed by atoms with van der Waals surface area (Å²) in [7, 11) is 0. The monoisotopic (exact) mass is 534 g/mol. The van der Waals surface area contributed by atoms with Crippen LogP contribution >= 0.6 is 0 Å². The SMILES string of the molecule is CCCC(=O)OCC(CO)(COCC(CO)(COC(=O)CCC)COC(=O)CCC)COC(=O)CCC. The van der Waals surface area contributed by atoms with Crippen molar-refractivity contribution < 1.29 is 53.1 Å². The van der Waals surface area contributed by atoms with Crippen LogP contribution in [-0.4, -0.2) is 86.9 Å². The van der Waals surface area contributed by atoms with E-state index in [1.54, 1.807) is 0 Å². The molecule has 0 bridgehead atoms. The van der Waals surface area contributed by atoms with Gasteiger partial charge in [0.2, 0.25) is 0 Å². The van der Waals surface area contributed by atoms with Crippen LogP contribution in [0.4, 0.5) is 0 Å². The van der Waals surface area contributed by atoms with E-state index in [-0.39, 0.29) is 65.3 Å². The standard InChI is InChI=1S/C26H46O11/c1-5-9-21(29)34-17-25(13-27,18-35-22(30)10-6-2)15-33-16-26(14-28,19-36-23(31)11-7-3)20-37-24(32)12-8-4/h27-28H,5-20H2,1-4H3. The topological polar surface area (TPSA) is 155 Å². The molecule has 0 rings (SSSR count). The van der Waals surface area contributed by atoms with E-state index in [1.807, 2.05) is 27.7 Å². The fourth-order valence-electron chi connectivity index (χ4n) is 3.05. The molecule has 0 aromatic rings. The highest BCUT2D eigenvalue weighted by molar-refractivity contribution is 5.70. The average Bonchev–Trinajstić information content (AvgIpc) is 2.87. The van der Waals surface area contributed by atoms with Crippen molar-refractivity contribution in [2.75, 3.05) is 52.9 Å². The molecule has 0 atom stereocenters. The van der Waals surface area contributed by atoms with Crippen LogP contribution in [0.25, 0.3) is 0 Å². The maximum absolute atomic E-state index is 11.9. The Balaban J connectivity index is 5.55. The van der Waals surface area contributed by atoms with E-state index >= 15 is 0 Å². The van der Waals surface area contributed by atoms with Gasteiger partial charge in [0.25, 0.3) is 0 Å². The van der Waals surface area contributed by atoms with Crippen molar-refractivity contribution in [3.8, 4) is 0 Å². The van der Waals surface area contributed by atoms with Gasteiger partial charge in [-0.25, -0.2) is 0 Å². The maximum atomic E-state index is 11.9. The second kappa shape index (κ2) is 19.8. The van der Waals surface area contributed by atoms with Crippen LogP contribution in [-0.2, 0) is 42.9 Å². The third-order valence-corrected chi connectivity index (χ3v) is 5.46. The molecule has 0 aromatic carbocycles. The third kappa shape index (κ3) is 14.9. The van der Waals surface area contributed by atoms with Crippen molar-refractivity contribution in [1.29, 1.82) is 0 Å². The molecule has 216 valence electrons. The van der Waals surface area contributed by atoms with Crippen LogP contribution < -0.4 is 0 Å². The Hall–Kier alpha value is -2.24. The van der Waals surface area contributed by atoms with Crippen molar-refractivity contribution >= 4 is 23.9 Å². The number of carbonyl (C=O) groups excluding carboxylic acids is 4. The van der Waals surface area contributed by atoms with Gasteiger partial charge in [0.05, 0.1) is 37.3 Å². The Morgan fingerprint density at radius 3 is 0.919 bits per heavy atom. The lowest BCUT2D eigenvalue weighted by Crippen LogP contribution is -2.46. The molecule has 0 saturated heterocycles. The Morgan fingerprint density at radius 2 is 0.730 bits per heavy atom. The van der Waals surface area contributed by atoms with Crippen molar-refractivity contribution in [1.82, 2.24) is 0 Å². The molecule has 0 amide bonds. The molecule has 0 aliphatic rings. The summed E-state index contributed by atoms with van der Waals surface area (Å²) >= 11 is 0. The van der Waals surface area contributed by atoms with Gasteiger partial charge in [0.15, 0.2) is 0 Å². The van der Waals surface area contributed by atoms with Gasteiger partial charge in [-0.1, -0.05) is 27.7 Å². The van der Waals surface area contributed by atoms with Crippen LogP contribution in [0.1, 0.15) is 79.1 Å². The highest BCUT2D eigenvalue weighted by Crippen LogP contribution is 2.24. The average molecular weight is 535 g/mol. The first-order valence-corrected chi connectivity index (χ1v) is 13.1. The van der Waals surface area contributed by atoms with Gasteiger partial charge >= 0.3 is 23.9 Å². The summed E-state index contributed by atoms with van der Waals surface area (Å²) in [5.74, 6) is -1.85. The molecule has 11 nitrogen and oxygen atoms in total. The minimum Gasteiger partial charge on any atom is -0.465 e. The number of ether oxygens (including phenoxy) is 5. The zero-order valence-corrected chi connectivity index (χ0v) is 22.9. The van der Waals surface area contributed by atoms with E-state index in [2.05, 4.69) is 0 Å². The fourth-order valence-corrected chi connectivity index (χ4v) is 3.05. The fraction of sp³-hybridized carbons (Fsp3) is 0.846. The van der Waals surface area contributed by atoms with Crippen LogP contribution in [0.3, 0.4) is 0 Å². The number of hydrogen-bond donors (Lipinski definition) is 2. The first-order valence-electron chi connectivity index (χ1n) is 13.1. The van der Waals surface area contributed by atoms with Gasteiger partial charge in [-0.3, -0.25) is 19.2 Å². The van der Waals surface area contributed by atoms with Crippen LogP contribution in [0.2, 0.25) is 0 Å². The first kappa shape index (κ1) is 34.8. The molecule has 0 spiro atoms. The smallest absolute Gasteiger partial charge is 0.305 e.